The molecule has 1 amide bonds. The average Bonchev–Trinajstić information content (AvgIpc) is 2.64. The van der Waals surface area contributed by atoms with Crippen molar-refractivity contribution < 1.29 is 18.4 Å². The number of Topliss-reactive ketones (excluding diaryl/α,β-unsaturated/α-hetero) is 1. The molecule has 1 aliphatic rings. The topological polar surface area (TPSA) is 50.3 Å². The normalized spacial score (nSPS) is 13.8. The predicted molar refractivity (Wildman–Crippen MR) is 71.1 cm³/mol. The molecule has 0 fully saturated rings. The number of ketones is 1. The number of rotatable bonds is 2. The maximum absolute atomic E-state index is 13.7. The summed E-state index contributed by atoms with van der Waals surface area (Å²) in [7, 11) is 0. The summed E-state index contributed by atoms with van der Waals surface area (Å²) in [6.45, 7) is -0.0962. The molecule has 0 aliphatic carbocycles. The maximum Gasteiger partial charge on any atom is 0.299 e. The lowest BCUT2D eigenvalue weighted by Crippen LogP contribution is -2.29. The van der Waals surface area contributed by atoms with Crippen LogP contribution in [0.2, 0.25) is 5.02 Å². The van der Waals surface area contributed by atoms with Crippen LogP contribution in [0, 0.1) is 11.6 Å². The first-order chi connectivity index (χ1) is 9.97. The third kappa shape index (κ3) is 2.27. The Morgan fingerprint density at radius 2 is 1.95 bits per heavy atom. The van der Waals surface area contributed by atoms with Crippen molar-refractivity contribution in [2.45, 2.75) is 6.54 Å². The van der Waals surface area contributed by atoms with E-state index in [2.05, 4.69) is 4.98 Å². The fraction of sp³-hybridized carbons (Fsp3) is 0.0714. The molecule has 7 heteroatoms. The molecule has 4 nitrogen and oxygen atoms in total. The number of pyridine rings is 1. The molecule has 0 spiro atoms. The Morgan fingerprint density at radius 1 is 1.19 bits per heavy atom. The van der Waals surface area contributed by atoms with Gasteiger partial charge in [0, 0.05) is 17.3 Å². The Balaban J connectivity index is 2.05. The third-order valence-corrected chi connectivity index (χ3v) is 3.33. The molecule has 1 aromatic heterocycles. The van der Waals surface area contributed by atoms with Crippen molar-refractivity contribution in [1.29, 1.82) is 0 Å². The number of carbonyl (C=O) groups is 2. The van der Waals surface area contributed by atoms with Gasteiger partial charge in [-0.25, -0.2) is 8.78 Å². The molecule has 1 aromatic carbocycles. The summed E-state index contributed by atoms with van der Waals surface area (Å²) in [5, 5.41) is 0.406. The highest BCUT2D eigenvalue weighted by Gasteiger charge is 2.39. The number of aromatic nitrogens is 1. The molecule has 106 valence electrons. The minimum atomic E-state index is -1.05. The molecule has 0 saturated heterocycles. The minimum Gasteiger partial charge on any atom is -0.299 e. The zero-order valence-corrected chi connectivity index (χ0v) is 11.2. The maximum atomic E-state index is 13.7. The second kappa shape index (κ2) is 4.89. The molecular weight excluding hydrogens is 302 g/mol. The van der Waals surface area contributed by atoms with E-state index in [0.29, 0.717) is 16.8 Å². The number of halogens is 3. The van der Waals surface area contributed by atoms with Crippen LogP contribution in [0.4, 0.5) is 14.5 Å². The van der Waals surface area contributed by atoms with Crippen LogP contribution in [-0.4, -0.2) is 16.7 Å². The number of fused-ring (bicyclic) bond motifs is 1. The Bertz CT molecular complexity index is 780. The summed E-state index contributed by atoms with van der Waals surface area (Å²) in [6.07, 6.45) is 1.44. The number of hydrogen-bond donors (Lipinski definition) is 0. The largest absolute Gasteiger partial charge is 0.299 e. The van der Waals surface area contributed by atoms with Gasteiger partial charge < -0.3 is 0 Å². The lowest BCUT2D eigenvalue weighted by molar-refractivity contribution is -0.114. The monoisotopic (exact) mass is 308 g/mol. The van der Waals surface area contributed by atoms with E-state index in [-0.39, 0.29) is 12.2 Å². The second-order valence-electron chi connectivity index (χ2n) is 4.47. The standard InChI is InChI=1S/C14H7ClF2N2O2/c15-7-1-2-18-9(3-7)6-19-11-5-8(16)4-10(17)12(11)13(20)14(19)21/h1-5H,6H2. The van der Waals surface area contributed by atoms with Crippen molar-refractivity contribution in [3.05, 3.63) is 58.4 Å². The van der Waals surface area contributed by atoms with Gasteiger partial charge in [0.2, 0.25) is 0 Å². The van der Waals surface area contributed by atoms with Gasteiger partial charge in [-0.2, -0.15) is 0 Å². The Kier molecular flexibility index (Phi) is 3.17. The van der Waals surface area contributed by atoms with Gasteiger partial charge >= 0.3 is 0 Å². The van der Waals surface area contributed by atoms with E-state index >= 15 is 0 Å². The van der Waals surface area contributed by atoms with Gasteiger partial charge in [-0.3, -0.25) is 19.5 Å². The van der Waals surface area contributed by atoms with Gasteiger partial charge in [0.15, 0.2) is 0 Å². The third-order valence-electron chi connectivity index (χ3n) is 3.09. The van der Waals surface area contributed by atoms with Crippen LogP contribution in [0.5, 0.6) is 0 Å². The average molecular weight is 309 g/mol. The van der Waals surface area contributed by atoms with Crippen molar-refractivity contribution in [3.8, 4) is 0 Å². The molecule has 0 N–H and O–H groups in total. The summed E-state index contributed by atoms with van der Waals surface area (Å²) in [5.74, 6) is -3.83. The first-order valence-corrected chi connectivity index (χ1v) is 6.31. The first kappa shape index (κ1) is 13.6. The smallest absolute Gasteiger partial charge is 0.299 e. The van der Waals surface area contributed by atoms with E-state index in [0.717, 1.165) is 11.0 Å². The summed E-state index contributed by atoms with van der Waals surface area (Å²) >= 11 is 5.82. The van der Waals surface area contributed by atoms with Gasteiger partial charge in [0.25, 0.3) is 11.7 Å². The fourth-order valence-electron chi connectivity index (χ4n) is 2.19. The fourth-order valence-corrected chi connectivity index (χ4v) is 2.37. The molecule has 3 rings (SSSR count). The zero-order chi connectivity index (χ0) is 15.1. The summed E-state index contributed by atoms with van der Waals surface area (Å²) in [5.41, 5.74) is -0.103. The Hall–Kier alpha value is -2.34. The van der Waals surface area contributed by atoms with Crippen LogP contribution in [0.15, 0.2) is 30.5 Å². The molecule has 0 atom stereocenters. The van der Waals surface area contributed by atoms with Gasteiger partial charge in [0.1, 0.15) is 11.6 Å². The van der Waals surface area contributed by atoms with Crippen LogP contribution >= 0.6 is 11.6 Å². The highest BCUT2D eigenvalue weighted by atomic mass is 35.5. The molecule has 0 bridgehead atoms. The number of amides is 1. The zero-order valence-electron chi connectivity index (χ0n) is 10.4. The SMILES string of the molecule is O=C1C(=O)N(Cc2cc(Cl)ccn2)c2cc(F)cc(F)c21. The van der Waals surface area contributed by atoms with E-state index in [4.69, 9.17) is 11.6 Å². The van der Waals surface area contributed by atoms with E-state index in [1.165, 1.54) is 12.3 Å². The highest BCUT2D eigenvalue weighted by Crippen LogP contribution is 2.33. The number of carbonyl (C=O) groups excluding carboxylic acids is 2. The lowest BCUT2D eigenvalue weighted by atomic mass is 10.1. The van der Waals surface area contributed by atoms with Crippen LogP contribution < -0.4 is 4.90 Å². The number of hydrogen-bond acceptors (Lipinski definition) is 3. The molecule has 1 aliphatic heterocycles. The molecular formula is C14H7ClF2N2O2. The van der Waals surface area contributed by atoms with Crippen molar-refractivity contribution in [2.24, 2.45) is 0 Å². The van der Waals surface area contributed by atoms with Gasteiger partial charge in [-0.05, 0) is 18.2 Å². The molecule has 0 saturated carbocycles. The molecule has 0 unspecified atom stereocenters. The number of nitrogens with zero attached hydrogens (tertiary/aromatic N) is 2. The van der Waals surface area contributed by atoms with Gasteiger partial charge in [0.05, 0.1) is 23.5 Å². The molecule has 2 aromatic rings. The highest BCUT2D eigenvalue weighted by molar-refractivity contribution is 6.52. The Labute approximate surface area is 123 Å². The second-order valence-corrected chi connectivity index (χ2v) is 4.90. The van der Waals surface area contributed by atoms with Crippen molar-refractivity contribution in [1.82, 2.24) is 4.98 Å². The van der Waals surface area contributed by atoms with E-state index < -0.39 is 28.9 Å². The van der Waals surface area contributed by atoms with E-state index in [1.54, 1.807) is 6.07 Å². The first-order valence-electron chi connectivity index (χ1n) is 5.93. The summed E-state index contributed by atoms with van der Waals surface area (Å²) in [4.78, 5) is 28.7. The van der Waals surface area contributed by atoms with Crippen molar-refractivity contribution in [3.63, 3.8) is 0 Å². The van der Waals surface area contributed by atoms with E-state index in [1.807, 2.05) is 0 Å². The van der Waals surface area contributed by atoms with Crippen LogP contribution in [0.3, 0.4) is 0 Å². The number of benzene rings is 1. The number of anilines is 1. The molecule has 21 heavy (non-hydrogen) atoms. The van der Waals surface area contributed by atoms with Crippen LogP contribution in [-0.2, 0) is 11.3 Å². The Morgan fingerprint density at radius 3 is 2.67 bits per heavy atom. The van der Waals surface area contributed by atoms with Crippen LogP contribution in [0.25, 0.3) is 0 Å². The van der Waals surface area contributed by atoms with Crippen molar-refractivity contribution >= 4 is 29.0 Å². The summed E-state index contributed by atoms with van der Waals surface area (Å²) < 4.78 is 27.0. The predicted octanol–water partition coefficient (Wildman–Crippen LogP) is 2.74. The van der Waals surface area contributed by atoms with Gasteiger partial charge in [-0.1, -0.05) is 11.6 Å². The quantitative estimate of drug-likeness (QED) is 0.802. The van der Waals surface area contributed by atoms with E-state index in [9.17, 15) is 18.4 Å². The van der Waals surface area contributed by atoms with Crippen molar-refractivity contribution in [2.75, 3.05) is 4.90 Å². The van der Waals surface area contributed by atoms with Gasteiger partial charge in [-0.15, -0.1) is 0 Å². The minimum absolute atomic E-state index is 0.0933. The lowest BCUT2D eigenvalue weighted by Gasteiger charge is -2.16. The molecule has 2 heterocycles. The molecule has 0 radical (unpaired) electrons. The summed E-state index contributed by atoms with van der Waals surface area (Å²) in [6, 6.07) is 4.58. The van der Waals surface area contributed by atoms with Crippen LogP contribution in [0.1, 0.15) is 16.1 Å².